The number of carbonyl (C=O) groups excluding carboxylic acids is 1. The number of primary sulfonamides is 1. The SMILES string of the molecule is C[C@H](NC(=O)N1CCO[C@@H](C)C1)c1ccc(S(N)(=O)=O)cc1. The number of amides is 2. The van der Waals surface area contributed by atoms with Gasteiger partial charge in [0.15, 0.2) is 0 Å². The summed E-state index contributed by atoms with van der Waals surface area (Å²) >= 11 is 0. The van der Waals surface area contributed by atoms with Gasteiger partial charge in [-0.15, -0.1) is 0 Å². The van der Waals surface area contributed by atoms with Crippen LogP contribution in [0.2, 0.25) is 0 Å². The highest BCUT2D eigenvalue weighted by Gasteiger charge is 2.22. The lowest BCUT2D eigenvalue weighted by molar-refractivity contribution is -0.00380. The van der Waals surface area contributed by atoms with Crippen molar-refractivity contribution in [3.8, 4) is 0 Å². The molecule has 1 heterocycles. The van der Waals surface area contributed by atoms with Gasteiger partial charge in [0.05, 0.1) is 23.6 Å². The molecule has 2 rings (SSSR count). The first kappa shape index (κ1) is 16.7. The molecule has 1 aromatic rings. The Kier molecular flexibility index (Phi) is 5.05. The first-order chi connectivity index (χ1) is 10.3. The maximum atomic E-state index is 12.2. The molecule has 2 atom stereocenters. The smallest absolute Gasteiger partial charge is 0.318 e. The first-order valence-electron chi connectivity index (χ1n) is 7.07. The third-order valence-electron chi connectivity index (χ3n) is 3.58. The first-order valence-corrected chi connectivity index (χ1v) is 8.62. The highest BCUT2D eigenvalue weighted by Crippen LogP contribution is 2.16. The van der Waals surface area contributed by atoms with Crippen molar-refractivity contribution in [3.05, 3.63) is 29.8 Å². The molecule has 8 heteroatoms. The summed E-state index contributed by atoms with van der Waals surface area (Å²) < 4.78 is 27.8. The van der Waals surface area contributed by atoms with Gasteiger partial charge in [0.25, 0.3) is 0 Å². The number of nitrogens with two attached hydrogens (primary N) is 1. The Morgan fingerprint density at radius 2 is 2.05 bits per heavy atom. The molecule has 0 aromatic heterocycles. The van der Waals surface area contributed by atoms with Crippen LogP contribution >= 0.6 is 0 Å². The Morgan fingerprint density at radius 1 is 1.41 bits per heavy atom. The predicted molar refractivity (Wildman–Crippen MR) is 81.7 cm³/mol. The molecule has 1 aliphatic heterocycles. The van der Waals surface area contributed by atoms with Gasteiger partial charge in [-0.2, -0.15) is 0 Å². The zero-order chi connectivity index (χ0) is 16.3. The van der Waals surface area contributed by atoms with Crippen molar-refractivity contribution >= 4 is 16.1 Å². The average Bonchev–Trinajstić information content (AvgIpc) is 2.46. The van der Waals surface area contributed by atoms with E-state index in [1.165, 1.54) is 12.1 Å². The van der Waals surface area contributed by atoms with Crippen LogP contribution in [0.5, 0.6) is 0 Å². The molecular formula is C14H21N3O4S. The largest absolute Gasteiger partial charge is 0.375 e. The van der Waals surface area contributed by atoms with E-state index in [4.69, 9.17) is 9.88 Å². The average molecular weight is 327 g/mol. The minimum Gasteiger partial charge on any atom is -0.375 e. The molecule has 1 aliphatic rings. The summed E-state index contributed by atoms with van der Waals surface area (Å²) in [5.41, 5.74) is 0.807. The van der Waals surface area contributed by atoms with Crippen molar-refractivity contribution in [2.75, 3.05) is 19.7 Å². The zero-order valence-corrected chi connectivity index (χ0v) is 13.5. The molecule has 0 unspecified atom stereocenters. The number of carbonyl (C=O) groups is 1. The Balaban J connectivity index is 1.99. The van der Waals surface area contributed by atoms with E-state index < -0.39 is 10.0 Å². The number of morpholine rings is 1. The Bertz CT molecular complexity index is 630. The molecule has 1 saturated heterocycles. The van der Waals surface area contributed by atoms with E-state index >= 15 is 0 Å². The molecule has 0 aliphatic carbocycles. The summed E-state index contributed by atoms with van der Waals surface area (Å²) in [5.74, 6) is 0. The van der Waals surface area contributed by atoms with E-state index in [-0.39, 0.29) is 23.1 Å². The number of hydrogen-bond donors (Lipinski definition) is 2. The van der Waals surface area contributed by atoms with Gasteiger partial charge in [0, 0.05) is 13.1 Å². The molecular weight excluding hydrogens is 306 g/mol. The summed E-state index contributed by atoms with van der Waals surface area (Å²) in [6.07, 6.45) is 0.0313. The number of benzene rings is 1. The molecule has 1 aromatic carbocycles. The summed E-state index contributed by atoms with van der Waals surface area (Å²) in [5, 5.41) is 7.95. The molecule has 0 bridgehead atoms. The monoisotopic (exact) mass is 327 g/mol. The molecule has 2 amide bonds. The van der Waals surface area contributed by atoms with Gasteiger partial charge in [-0.3, -0.25) is 0 Å². The van der Waals surface area contributed by atoms with E-state index in [9.17, 15) is 13.2 Å². The summed E-state index contributed by atoms with van der Waals surface area (Å²) in [7, 11) is -3.70. The normalized spacial score (nSPS) is 20.5. The van der Waals surface area contributed by atoms with Gasteiger partial charge in [-0.05, 0) is 31.5 Å². The Morgan fingerprint density at radius 3 is 2.59 bits per heavy atom. The summed E-state index contributed by atoms with van der Waals surface area (Å²) in [4.78, 5) is 14.0. The van der Waals surface area contributed by atoms with Crippen LogP contribution < -0.4 is 10.5 Å². The minimum atomic E-state index is -3.70. The van der Waals surface area contributed by atoms with Gasteiger partial charge in [-0.25, -0.2) is 18.4 Å². The second-order valence-corrected chi connectivity index (χ2v) is 6.97. The van der Waals surface area contributed by atoms with E-state index in [2.05, 4.69) is 5.32 Å². The van der Waals surface area contributed by atoms with Gasteiger partial charge < -0.3 is 15.0 Å². The van der Waals surface area contributed by atoms with Crippen molar-refractivity contribution < 1.29 is 17.9 Å². The van der Waals surface area contributed by atoms with Gasteiger partial charge in [0.2, 0.25) is 10.0 Å². The highest BCUT2D eigenvalue weighted by atomic mass is 32.2. The van der Waals surface area contributed by atoms with Crippen LogP contribution in [0.1, 0.15) is 25.5 Å². The predicted octanol–water partition coefficient (Wildman–Crippen LogP) is 0.825. The number of rotatable bonds is 3. The number of hydrogen-bond acceptors (Lipinski definition) is 4. The van der Waals surface area contributed by atoms with Crippen molar-refractivity contribution in [1.82, 2.24) is 10.2 Å². The second-order valence-electron chi connectivity index (χ2n) is 5.41. The maximum absolute atomic E-state index is 12.2. The van der Waals surface area contributed by atoms with Crippen LogP contribution in [0, 0.1) is 0 Å². The molecule has 122 valence electrons. The molecule has 0 saturated carbocycles. The fourth-order valence-corrected chi connectivity index (χ4v) is 2.82. The van der Waals surface area contributed by atoms with Crippen molar-refractivity contribution in [1.29, 1.82) is 0 Å². The van der Waals surface area contributed by atoms with E-state index in [0.717, 1.165) is 5.56 Å². The number of ether oxygens (including phenoxy) is 1. The molecule has 7 nitrogen and oxygen atoms in total. The fraction of sp³-hybridized carbons (Fsp3) is 0.500. The lowest BCUT2D eigenvalue weighted by Crippen LogP contribution is -2.49. The fourth-order valence-electron chi connectivity index (χ4n) is 2.31. The molecule has 1 fully saturated rings. The Hall–Kier alpha value is -1.64. The lowest BCUT2D eigenvalue weighted by atomic mass is 10.1. The number of urea groups is 1. The summed E-state index contributed by atoms with van der Waals surface area (Å²) in [6, 6.07) is 5.77. The molecule has 22 heavy (non-hydrogen) atoms. The van der Waals surface area contributed by atoms with E-state index in [1.54, 1.807) is 17.0 Å². The van der Waals surface area contributed by atoms with Crippen LogP contribution in [-0.4, -0.2) is 45.1 Å². The van der Waals surface area contributed by atoms with E-state index in [0.29, 0.717) is 19.7 Å². The van der Waals surface area contributed by atoms with Crippen LogP contribution in [0.3, 0.4) is 0 Å². The van der Waals surface area contributed by atoms with Crippen molar-refractivity contribution in [2.24, 2.45) is 5.14 Å². The minimum absolute atomic E-state index is 0.0313. The van der Waals surface area contributed by atoms with Crippen LogP contribution in [-0.2, 0) is 14.8 Å². The third kappa shape index (κ3) is 4.19. The second kappa shape index (κ2) is 6.64. The Labute approximate surface area is 130 Å². The highest BCUT2D eigenvalue weighted by molar-refractivity contribution is 7.89. The number of sulfonamides is 1. The standard InChI is InChI=1S/C14H21N3O4S/c1-10-9-17(7-8-21-10)14(18)16-11(2)12-3-5-13(6-4-12)22(15,19)20/h3-6,10-11H,7-9H2,1-2H3,(H,16,18)(H2,15,19,20)/t10-,11-/m0/s1. The molecule has 0 radical (unpaired) electrons. The van der Waals surface area contributed by atoms with Crippen molar-refractivity contribution in [3.63, 3.8) is 0 Å². The van der Waals surface area contributed by atoms with Gasteiger partial charge in [0.1, 0.15) is 0 Å². The van der Waals surface area contributed by atoms with Gasteiger partial charge >= 0.3 is 6.03 Å². The van der Waals surface area contributed by atoms with Crippen molar-refractivity contribution in [2.45, 2.75) is 30.9 Å². The number of nitrogens with one attached hydrogen (secondary N) is 1. The van der Waals surface area contributed by atoms with Gasteiger partial charge in [-0.1, -0.05) is 12.1 Å². The topological polar surface area (TPSA) is 102 Å². The molecule has 0 spiro atoms. The summed E-state index contributed by atoms with van der Waals surface area (Å²) in [6.45, 7) is 5.42. The third-order valence-corrected chi connectivity index (χ3v) is 4.51. The molecule has 3 N–H and O–H groups in total. The maximum Gasteiger partial charge on any atom is 0.318 e. The van der Waals surface area contributed by atoms with E-state index in [1.807, 2.05) is 13.8 Å². The number of nitrogens with zero attached hydrogens (tertiary/aromatic N) is 1. The quantitative estimate of drug-likeness (QED) is 0.858. The van der Waals surface area contributed by atoms with Crippen LogP contribution in [0.15, 0.2) is 29.2 Å². The van der Waals surface area contributed by atoms with Crippen LogP contribution in [0.25, 0.3) is 0 Å². The van der Waals surface area contributed by atoms with Crippen LogP contribution in [0.4, 0.5) is 4.79 Å². The zero-order valence-electron chi connectivity index (χ0n) is 12.7. The lowest BCUT2D eigenvalue weighted by Gasteiger charge is -2.32.